The number of halogens is 1. The molecule has 3 amide bonds. The van der Waals surface area contributed by atoms with Gasteiger partial charge in [0, 0.05) is 0 Å². The van der Waals surface area contributed by atoms with Crippen LogP contribution in [0, 0.1) is 0 Å². The Hall–Kier alpha value is -3.49. The van der Waals surface area contributed by atoms with Crippen molar-refractivity contribution in [1.29, 1.82) is 0 Å². The number of benzene rings is 2. The van der Waals surface area contributed by atoms with Gasteiger partial charge in [0.2, 0.25) is 0 Å². The van der Waals surface area contributed by atoms with E-state index in [9.17, 15) is 19.2 Å². The summed E-state index contributed by atoms with van der Waals surface area (Å²) >= 11 is 7.42. The number of fused-ring (bicyclic) bond motifs is 1. The average molecular weight is 427 g/mol. The molecule has 0 atom stereocenters. The van der Waals surface area contributed by atoms with E-state index < -0.39 is 17.8 Å². The van der Waals surface area contributed by atoms with E-state index in [4.69, 9.17) is 16.7 Å². The van der Waals surface area contributed by atoms with Crippen LogP contribution in [0.1, 0.15) is 40.7 Å². The van der Waals surface area contributed by atoms with Gasteiger partial charge in [-0.05, 0) is 47.8 Å². The number of nitrogens with one attached hydrogen (secondary N) is 1. The third kappa shape index (κ3) is 3.28. The second kappa shape index (κ2) is 7.16. The topological polar surface area (TPSA) is 104 Å². The first kappa shape index (κ1) is 18.9. The fraction of sp³-hybridized carbons (Fsp3) is 0. The monoisotopic (exact) mass is 426 g/mol. The number of imide groups is 1. The Labute approximate surface area is 173 Å². The molecule has 2 aromatic carbocycles. The zero-order valence-electron chi connectivity index (χ0n) is 14.5. The molecular formula is C20H11ClN2O5S. The number of hydrogen-bond acceptors (Lipinski definition) is 5. The summed E-state index contributed by atoms with van der Waals surface area (Å²) in [7, 11) is 0. The van der Waals surface area contributed by atoms with Gasteiger partial charge in [-0.25, -0.2) is 9.69 Å². The normalized spacial score (nSPS) is 12.8. The van der Waals surface area contributed by atoms with Crippen molar-refractivity contribution in [3.05, 3.63) is 80.5 Å². The molecule has 0 radical (unpaired) electrons. The first-order valence-electron chi connectivity index (χ1n) is 8.27. The molecule has 2 heterocycles. The summed E-state index contributed by atoms with van der Waals surface area (Å²) in [5, 5.41) is 13.8. The molecular weight excluding hydrogens is 416 g/mol. The number of anilines is 2. The average Bonchev–Trinajstić information content (AvgIpc) is 3.31. The largest absolute Gasteiger partial charge is 0.478 e. The molecule has 0 unspecified atom stereocenters. The van der Waals surface area contributed by atoms with Crippen LogP contribution >= 0.6 is 22.9 Å². The molecule has 144 valence electrons. The number of aromatic carboxylic acids is 1. The van der Waals surface area contributed by atoms with Gasteiger partial charge < -0.3 is 10.4 Å². The fourth-order valence-corrected chi connectivity index (χ4v) is 3.73. The predicted molar refractivity (Wildman–Crippen MR) is 108 cm³/mol. The molecule has 1 aliphatic heterocycles. The Morgan fingerprint density at radius 1 is 1.00 bits per heavy atom. The summed E-state index contributed by atoms with van der Waals surface area (Å²) in [6, 6.07) is 11.5. The quantitative estimate of drug-likeness (QED) is 0.610. The number of carbonyl (C=O) groups excluding carboxylic acids is 3. The van der Waals surface area contributed by atoms with E-state index in [1.807, 2.05) is 0 Å². The molecule has 7 nitrogen and oxygen atoms in total. The second-order valence-corrected chi connectivity index (χ2v) is 7.46. The minimum atomic E-state index is -1.20. The predicted octanol–water partition coefficient (Wildman–Crippen LogP) is 4.15. The van der Waals surface area contributed by atoms with Gasteiger partial charge in [-0.3, -0.25) is 14.4 Å². The number of carbonyl (C=O) groups is 4. The lowest BCUT2D eigenvalue weighted by Crippen LogP contribution is -2.29. The van der Waals surface area contributed by atoms with Gasteiger partial charge in [0.1, 0.15) is 0 Å². The van der Waals surface area contributed by atoms with Crippen LogP contribution in [0.25, 0.3) is 0 Å². The molecule has 1 aliphatic rings. The minimum absolute atomic E-state index is 0.00835. The SMILES string of the molecule is O=C(O)c1ccc2c(c1)C(=O)N(c1ccc(Cl)c(NC(=O)c3cccs3)c1)C2=O. The van der Waals surface area contributed by atoms with Gasteiger partial charge in [-0.15, -0.1) is 11.3 Å². The maximum Gasteiger partial charge on any atom is 0.335 e. The van der Waals surface area contributed by atoms with Crippen molar-refractivity contribution in [3.8, 4) is 0 Å². The summed E-state index contributed by atoms with van der Waals surface area (Å²) in [5.74, 6) is -2.80. The highest BCUT2D eigenvalue weighted by Gasteiger charge is 2.37. The molecule has 0 bridgehead atoms. The Bertz CT molecular complexity index is 1190. The lowest BCUT2D eigenvalue weighted by molar-refractivity contribution is 0.0696. The zero-order chi connectivity index (χ0) is 20.7. The number of carboxylic acid groups (broad SMARTS) is 1. The first-order chi connectivity index (χ1) is 13.9. The molecule has 9 heteroatoms. The van der Waals surface area contributed by atoms with E-state index >= 15 is 0 Å². The lowest BCUT2D eigenvalue weighted by Gasteiger charge is -2.16. The van der Waals surface area contributed by atoms with Crippen LogP contribution in [0.15, 0.2) is 53.9 Å². The van der Waals surface area contributed by atoms with E-state index in [1.165, 1.54) is 47.7 Å². The molecule has 3 aromatic rings. The van der Waals surface area contributed by atoms with Gasteiger partial charge in [-0.2, -0.15) is 0 Å². The van der Waals surface area contributed by atoms with Crippen molar-refractivity contribution in [2.24, 2.45) is 0 Å². The summed E-state index contributed by atoms with van der Waals surface area (Å²) in [6.45, 7) is 0. The molecule has 0 spiro atoms. The van der Waals surface area contributed by atoms with Gasteiger partial charge in [-0.1, -0.05) is 17.7 Å². The van der Waals surface area contributed by atoms with Crippen LogP contribution < -0.4 is 10.2 Å². The number of thiophene rings is 1. The van der Waals surface area contributed by atoms with Crippen molar-refractivity contribution in [1.82, 2.24) is 0 Å². The number of rotatable bonds is 4. The Morgan fingerprint density at radius 2 is 1.76 bits per heavy atom. The van der Waals surface area contributed by atoms with Crippen LogP contribution in [0.5, 0.6) is 0 Å². The van der Waals surface area contributed by atoms with Crippen molar-refractivity contribution < 1.29 is 24.3 Å². The summed E-state index contributed by atoms with van der Waals surface area (Å²) < 4.78 is 0. The van der Waals surface area contributed by atoms with Crippen LogP contribution in [-0.4, -0.2) is 28.8 Å². The summed E-state index contributed by atoms with van der Waals surface area (Å²) in [6.07, 6.45) is 0. The summed E-state index contributed by atoms with van der Waals surface area (Å²) in [4.78, 5) is 50.4. The Kier molecular flexibility index (Phi) is 4.65. The number of nitrogens with zero attached hydrogens (tertiary/aromatic N) is 1. The van der Waals surface area contributed by atoms with E-state index in [0.717, 1.165) is 4.90 Å². The highest BCUT2D eigenvalue weighted by molar-refractivity contribution is 7.12. The van der Waals surface area contributed by atoms with Gasteiger partial charge in [0.15, 0.2) is 0 Å². The second-order valence-electron chi connectivity index (χ2n) is 6.11. The van der Waals surface area contributed by atoms with E-state index in [2.05, 4.69) is 5.32 Å². The third-order valence-electron chi connectivity index (χ3n) is 4.33. The number of hydrogen-bond donors (Lipinski definition) is 2. The lowest BCUT2D eigenvalue weighted by atomic mass is 10.1. The zero-order valence-corrected chi connectivity index (χ0v) is 16.1. The minimum Gasteiger partial charge on any atom is -0.478 e. The third-order valence-corrected chi connectivity index (χ3v) is 5.53. The first-order valence-corrected chi connectivity index (χ1v) is 9.53. The Morgan fingerprint density at radius 3 is 2.45 bits per heavy atom. The molecule has 0 aliphatic carbocycles. The van der Waals surface area contributed by atoms with Crippen LogP contribution in [0.4, 0.5) is 11.4 Å². The number of carboxylic acids is 1. The molecule has 0 saturated heterocycles. The fourth-order valence-electron chi connectivity index (χ4n) is 2.95. The van der Waals surface area contributed by atoms with Gasteiger partial charge in [0.05, 0.1) is 38.0 Å². The van der Waals surface area contributed by atoms with E-state index in [0.29, 0.717) is 4.88 Å². The highest BCUT2D eigenvalue weighted by atomic mass is 35.5. The van der Waals surface area contributed by atoms with E-state index in [1.54, 1.807) is 17.5 Å². The van der Waals surface area contributed by atoms with E-state index in [-0.39, 0.29) is 39.0 Å². The van der Waals surface area contributed by atoms with Crippen molar-refractivity contribution in [2.75, 3.05) is 10.2 Å². The maximum atomic E-state index is 12.8. The standard InChI is InChI=1S/C20H11ClN2O5S/c21-14-6-4-11(9-15(14)22-17(24)16-2-1-7-29-16)23-18(25)12-5-3-10(20(27)28)8-13(12)19(23)26/h1-9H,(H,22,24)(H,27,28). The molecule has 1 aromatic heterocycles. The smallest absolute Gasteiger partial charge is 0.335 e. The van der Waals surface area contributed by atoms with Gasteiger partial charge in [0.25, 0.3) is 17.7 Å². The van der Waals surface area contributed by atoms with Crippen LogP contribution in [-0.2, 0) is 0 Å². The number of amides is 3. The van der Waals surface area contributed by atoms with Crippen LogP contribution in [0.2, 0.25) is 5.02 Å². The van der Waals surface area contributed by atoms with Gasteiger partial charge >= 0.3 is 5.97 Å². The Balaban J connectivity index is 1.68. The van der Waals surface area contributed by atoms with Crippen molar-refractivity contribution in [3.63, 3.8) is 0 Å². The van der Waals surface area contributed by atoms with Crippen molar-refractivity contribution >= 4 is 58.0 Å². The van der Waals surface area contributed by atoms with Crippen molar-refractivity contribution in [2.45, 2.75) is 0 Å². The molecule has 0 fully saturated rings. The molecule has 4 rings (SSSR count). The van der Waals surface area contributed by atoms with Crippen LogP contribution in [0.3, 0.4) is 0 Å². The molecule has 29 heavy (non-hydrogen) atoms. The maximum absolute atomic E-state index is 12.8. The molecule has 2 N–H and O–H groups in total. The molecule has 0 saturated carbocycles. The summed E-state index contributed by atoms with van der Waals surface area (Å²) in [5.41, 5.74) is 0.476. The highest BCUT2D eigenvalue weighted by Crippen LogP contribution is 2.33.